The summed E-state index contributed by atoms with van der Waals surface area (Å²) in [6, 6.07) is 28.8. The van der Waals surface area contributed by atoms with Crippen LogP contribution in [0.15, 0.2) is 78.9 Å². The summed E-state index contributed by atoms with van der Waals surface area (Å²) in [5.41, 5.74) is 5.84. The summed E-state index contributed by atoms with van der Waals surface area (Å²) in [7, 11) is -0.150. The second-order valence-electron chi connectivity index (χ2n) is 5.52. The average molecular weight is 288 g/mol. The topological polar surface area (TPSA) is 0 Å². The van der Waals surface area contributed by atoms with E-state index in [-0.39, 0.29) is 7.92 Å². The molecule has 4 rings (SSSR count). The summed E-state index contributed by atoms with van der Waals surface area (Å²) >= 11 is 0. The van der Waals surface area contributed by atoms with Gasteiger partial charge in [0, 0.05) is 0 Å². The molecule has 0 amide bonds. The van der Waals surface area contributed by atoms with E-state index in [1.54, 1.807) is 5.30 Å². The number of benzene rings is 3. The Labute approximate surface area is 127 Å². The van der Waals surface area contributed by atoms with Gasteiger partial charge in [-0.2, -0.15) is 0 Å². The monoisotopic (exact) mass is 288 g/mol. The number of hydrogen-bond donors (Lipinski definition) is 0. The Bertz CT molecular complexity index is 760. The van der Waals surface area contributed by atoms with Gasteiger partial charge in [0.1, 0.15) is 0 Å². The van der Waals surface area contributed by atoms with Gasteiger partial charge in [0.05, 0.1) is 0 Å². The van der Waals surface area contributed by atoms with Crippen molar-refractivity contribution in [3.63, 3.8) is 0 Å². The van der Waals surface area contributed by atoms with Crippen molar-refractivity contribution in [3.8, 4) is 11.1 Å². The summed E-state index contributed by atoms with van der Waals surface area (Å²) in [6.45, 7) is 0. The van der Waals surface area contributed by atoms with Crippen molar-refractivity contribution in [2.24, 2.45) is 0 Å². The fraction of sp³-hybridized carbons (Fsp3) is 0.100. The summed E-state index contributed by atoms with van der Waals surface area (Å²) in [4.78, 5) is 0. The number of hydrogen-bond acceptors (Lipinski definition) is 0. The van der Waals surface area contributed by atoms with Crippen molar-refractivity contribution in [1.82, 2.24) is 0 Å². The fourth-order valence-electron chi connectivity index (χ4n) is 3.13. The van der Waals surface area contributed by atoms with Crippen LogP contribution in [0.4, 0.5) is 0 Å². The first-order chi connectivity index (χ1) is 10.4. The minimum absolute atomic E-state index is 0.150. The largest absolute Gasteiger partial charge is 0.0657 e. The van der Waals surface area contributed by atoms with Crippen LogP contribution in [0.25, 0.3) is 11.1 Å². The summed E-state index contributed by atoms with van der Waals surface area (Å²) in [5.74, 6) is 0. The van der Waals surface area contributed by atoms with E-state index in [4.69, 9.17) is 0 Å². The number of rotatable bonds is 2. The lowest BCUT2D eigenvalue weighted by atomic mass is 10.0. The predicted molar refractivity (Wildman–Crippen MR) is 92.3 cm³/mol. The van der Waals surface area contributed by atoms with Crippen LogP contribution in [-0.2, 0) is 12.3 Å². The van der Waals surface area contributed by atoms with E-state index in [9.17, 15) is 0 Å². The molecule has 0 fully saturated rings. The first kappa shape index (κ1) is 12.8. The normalized spacial score (nSPS) is 16.1. The molecular formula is C20H17P. The third-order valence-electron chi connectivity index (χ3n) is 4.13. The Balaban J connectivity index is 1.78. The van der Waals surface area contributed by atoms with E-state index in [1.807, 2.05) is 0 Å². The summed E-state index contributed by atoms with van der Waals surface area (Å²) in [6.07, 6.45) is 2.39. The van der Waals surface area contributed by atoms with E-state index in [0.717, 1.165) is 0 Å². The lowest BCUT2D eigenvalue weighted by Crippen LogP contribution is -2.13. The molecule has 1 atom stereocenters. The minimum atomic E-state index is -0.150. The lowest BCUT2D eigenvalue weighted by molar-refractivity contribution is 1.32. The Hall–Kier alpha value is -1.91. The zero-order valence-corrected chi connectivity index (χ0v) is 12.8. The van der Waals surface area contributed by atoms with E-state index in [2.05, 4.69) is 78.9 Å². The molecular weight excluding hydrogens is 271 g/mol. The van der Waals surface area contributed by atoms with Crippen LogP contribution < -0.4 is 5.30 Å². The van der Waals surface area contributed by atoms with Gasteiger partial charge in [-0.1, -0.05) is 86.8 Å². The van der Waals surface area contributed by atoms with E-state index in [1.165, 1.54) is 34.6 Å². The van der Waals surface area contributed by atoms with Crippen LogP contribution in [-0.4, -0.2) is 0 Å². The summed E-state index contributed by atoms with van der Waals surface area (Å²) < 4.78 is 0. The molecule has 1 aliphatic heterocycles. The molecule has 21 heavy (non-hydrogen) atoms. The van der Waals surface area contributed by atoms with Gasteiger partial charge in [-0.05, 0) is 39.9 Å². The van der Waals surface area contributed by atoms with Gasteiger partial charge in [-0.3, -0.25) is 0 Å². The van der Waals surface area contributed by atoms with Crippen molar-refractivity contribution in [2.45, 2.75) is 12.3 Å². The van der Waals surface area contributed by atoms with Crippen molar-refractivity contribution in [2.75, 3.05) is 0 Å². The molecule has 3 aromatic rings. The maximum atomic E-state index is 2.33. The van der Waals surface area contributed by atoms with Gasteiger partial charge in [0.2, 0.25) is 0 Å². The van der Waals surface area contributed by atoms with Crippen LogP contribution in [0.2, 0.25) is 0 Å². The maximum Gasteiger partial charge on any atom is -0.00234 e. The molecule has 0 spiro atoms. The van der Waals surface area contributed by atoms with E-state index >= 15 is 0 Å². The van der Waals surface area contributed by atoms with E-state index in [0.29, 0.717) is 0 Å². The van der Waals surface area contributed by atoms with Gasteiger partial charge in [0.25, 0.3) is 0 Å². The van der Waals surface area contributed by atoms with E-state index < -0.39 is 0 Å². The highest BCUT2D eigenvalue weighted by molar-refractivity contribution is 7.64. The van der Waals surface area contributed by atoms with Gasteiger partial charge in [0.15, 0.2) is 0 Å². The fourth-order valence-corrected chi connectivity index (χ4v) is 5.76. The SMILES string of the molecule is c1ccc(CP2Cc3ccccc3-c3ccccc32)cc1. The van der Waals surface area contributed by atoms with Crippen LogP contribution in [0.3, 0.4) is 0 Å². The van der Waals surface area contributed by atoms with Crippen molar-refractivity contribution < 1.29 is 0 Å². The molecule has 3 aromatic carbocycles. The highest BCUT2D eigenvalue weighted by Gasteiger charge is 2.23. The smallest absolute Gasteiger partial charge is 0.00234 e. The molecule has 0 nitrogen and oxygen atoms in total. The quantitative estimate of drug-likeness (QED) is 0.570. The molecule has 0 bridgehead atoms. The first-order valence-electron chi connectivity index (χ1n) is 7.38. The molecule has 0 saturated heterocycles. The third kappa shape index (κ3) is 2.41. The zero-order chi connectivity index (χ0) is 14.1. The van der Waals surface area contributed by atoms with Crippen molar-refractivity contribution in [3.05, 3.63) is 90.0 Å². The van der Waals surface area contributed by atoms with Gasteiger partial charge < -0.3 is 0 Å². The molecule has 102 valence electrons. The standard InChI is InChI=1S/C20H17P/c1-2-8-16(9-3-1)14-21-15-17-10-4-5-11-18(17)19-12-6-7-13-20(19)21/h1-13H,14-15H2. The van der Waals surface area contributed by atoms with Crippen LogP contribution in [0, 0.1) is 0 Å². The second-order valence-corrected chi connectivity index (χ2v) is 7.71. The Kier molecular flexibility index (Phi) is 3.33. The summed E-state index contributed by atoms with van der Waals surface area (Å²) in [5, 5.41) is 1.56. The number of fused-ring (bicyclic) bond motifs is 3. The Morgan fingerprint density at radius 2 is 1.33 bits per heavy atom. The minimum Gasteiger partial charge on any atom is -0.0657 e. The molecule has 0 aromatic heterocycles. The highest BCUT2D eigenvalue weighted by Crippen LogP contribution is 2.49. The lowest BCUT2D eigenvalue weighted by Gasteiger charge is -2.28. The Morgan fingerprint density at radius 3 is 2.19 bits per heavy atom. The molecule has 0 saturated carbocycles. The molecule has 0 N–H and O–H groups in total. The molecule has 1 aliphatic rings. The molecule has 1 unspecified atom stereocenters. The Morgan fingerprint density at radius 1 is 0.667 bits per heavy atom. The molecule has 0 radical (unpaired) electrons. The molecule has 0 aliphatic carbocycles. The average Bonchev–Trinajstić information content (AvgIpc) is 2.56. The van der Waals surface area contributed by atoms with Gasteiger partial charge in [-0.25, -0.2) is 0 Å². The van der Waals surface area contributed by atoms with Crippen molar-refractivity contribution in [1.29, 1.82) is 0 Å². The van der Waals surface area contributed by atoms with Crippen LogP contribution >= 0.6 is 7.92 Å². The van der Waals surface area contributed by atoms with Crippen LogP contribution in [0.1, 0.15) is 11.1 Å². The highest BCUT2D eigenvalue weighted by atomic mass is 31.1. The van der Waals surface area contributed by atoms with Crippen LogP contribution in [0.5, 0.6) is 0 Å². The molecule has 1 heterocycles. The zero-order valence-electron chi connectivity index (χ0n) is 11.9. The molecule has 1 heteroatoms. The van der Waals surface area contributed by atoms with Gasteiger partial charge >= 0.3 is 0 Å². The third-order valence-corrected chi connectivity index (χ3v) is 6.67. The predicted octanol–water partition coefficient (Wildman–Crippen LogP) is 5.17. The second kappa shape index (κ2) is 5.47. The van der Waals surface area contributed by atoms with Gasteiger partial charge in [-0.15, -0.1) is 0 Å². The first-order valence-corrected chi connectivity index (χ1v) is 9.09. The maximum absolute atomic E-state index is 2.33. The van der Waals surface area contributed by atoms with Crippen molar-refractivity contribution >= 4 is 13.2 Å².